The topological polar surface area (TPSA) is 41.5 Å². The Hall–Kier alpha value is -0.900. The number of aliphatic hydroxyl groups is 1. The Morgan fingerprint density at radius 3 is 2.38 bits per heavy atom. The zero-order valence-corrected chi connectivity index (χ0v) is 10.2. The van der Waals surface area contributed by atoms with Crippen molar-refractivity contribution in [2.45, 2.75) is 32.6 Å². The van der Waals surface area contributed by atoms with Gasteiger partial charge in [-0.2, -0.15) is 0 Å². The largest absolute Gasteiger partial charge is 0.387 e. The van der Waals surface area contributed by atoms with E-state index in [1.807, 2.05) is 24.3 Å². The van der Waals surface area contributed by atoms with Gasteiger partial charge in [0.25, 0.3) is 0 Å². The number of benzene rings is 1. The van der Waals surface area contributed by atoms with E-state index < -0.39 is 6.10 Å². The van der Waals surface area contributed by atoms with Crippen molar-refractivity contribution in [2.75, 3.05) is 13.7 Å². The molecule has 0 aliphatic carbocycles. The van der Waals surface area contributed by atoms with Crippen molar-refractivity contribution >= 4 is 0 Å². The second-order valence-corrected chi connectivity index (χ2v) is 4.25. The third kappa shape index (κ3) is 4.31. The molecule has 1 unspecified atom stereocenters. The zero-order valence-electron chi connectivity index (χ0n) is 10.2. The molecule has 1 aromatic carbocycles. The van der Waals surface area contributed by atoms with E-state index in [4.69, 9.17) is 4.74 Å². The molecule has 3 nitrogen and oxygen atoms in total. The Morgan fingerprint density at radius 1 is 1.25 bits per heavy atom. The van der Waals surface area contributed by atoms with Crippen molar-refractivity contribution < 1.29 is 9.84 Å². The number of aliphatic hydroxyl groups excluding tert-OH is 1. The lowest BCUT2D eigenvalue weighted by atomic mass is 10.1. The maximum atomic E-state index is 9.90. The second-order valence-electron chi connectivity index (χ2n) is 4.25. The standard InChI is InChI=1S/C13H21NO2/c1-10(2)14-8-13(15)12-6-4-11(5-7-12)9-16-3/h4-7,10,13-15H,8-9H2,1-3H3. The number of hydrogen-bond donors (Lipinski definition) is 2. The van der Waals surface area contributed by atoms with Gasteiger partial charge in [-0.1, -0.05) is 38.1 Å². The molecule has 1 rings (SSSR count). The van der Waals surface area contributed by atoms with Crippen LogP contribution >= 0.6 is 0 Å². The van der Waals surface area contributed by atoms with Gasteiger partial charge in [0, 0.05) is 19.7 Å². The van der Waals surface area contributed by atoms with Crippen molar-refractivity contribution in [1.29, 1.82) is 0 Å². The maximum absolute atomic E-state index is 9.90. The molecule has 0 heterocycles. The van der Waals surface area contributed by atoms with Crippen LogP contribution in [0.3, 0.4) is 0 Å². The van der Waals surface area contributed by atoms with Crippen molar-refractivity contribution in [3.63, 3.8) is 0 Å². The lowest BCUT2D eigenvalue weighted by Gasteiger charge is -2.14. The van der Waals surface area contributed by atoms with Gasteiger partial charge in [0.2, 0.25) is 0 Å². The minimum atomic E-state index is -0.445. The molecular weight excluding hydrogens is 202 g/mol. The van der Waals surface area contributed by atoms with Gasteiger partial charge in [-0.3, -0.25) is 0 Å². The van der Waals surface area contributed by atoms with Crippen LogP contribution in [0.1, 0.15) is 31.1 Å². The van der Waals surface area contributed by atoms with Crippen LogP contribution in [-0.2, 0) is 11.3 Å². The van der Waals surface area contributed by atoms with E-state index in [1.54, 1.807) is 7.11 Å². The molecule has 0 aliphatic rings. The van der Waals surface area contributed by atoms with E-state index in [9.17, 15) is 5.11 Å². The predicted octanol–water partition coefficient (Wildman–Crippen LogP) is 1.86. The maximum Gasteiger partial charge on any atom is 0.0914 e. The van der Waals surface area contributed by atoms with Gasteiger partial charge >= 0.3 is 0 Å². The number of rotatable bonds is 6. The Morgan fingerprint density at radius 2 is 1.88 bits per heavy atom. The molecule has 0 spiro atoms. The van der Waals surface area contributed by atoms with Gasteiger partial charge in [-0.25, -0.2) is 0 Å². The summed E-state index contributed by atoms with van der Waals surface area (Å²) in [5.41, 5.74) is 2.06. The van der Waals surface area contributed by atoms with E-state index in [1.165, 1.54) is 0 Å². The fourth-order valence-electron chi connectivity index (χ4n) is 1.47. The Bertz CT molecular complexity index is 295. The van der Waals surface area contributed by atoms with Crippen molar-refractivity contribution in [2.24, 2.45) is 0 Å². The zero-order chi connectivity index (χ0) is 12.0. The van der Waals surface area contributed by atoms with Crippen LogP contribution in [0.5, 0.6) is 0 Å². The Balaban J connectivity index is 2.52. The minimum Gasteiger partial charge on any atom is -0.387 e. The summed E-state index contributed by atoms with van der Waals surface area (Å²) in [5, 5.41) is 13.1. The SMILES string of the molecule is COCc1ccc(C(O)CNC(C)C)cc1. The van der Waals surface area contributed by atoms with Crippen LogP contribution in [-0.4, -0.2) is 24.8 Å². The highest BCUT2D eigenvalue weighted by Crippen LogP contribution is 2.13. The van der Waals surface area contributed by atoms with Crippen LogP contribution in [0.2, 0.25) is 0 Å². The fourth-order valence-corrected chi connectivity index (χ4v) is 1.47. The summed E-state index contributed by atoms with van der Waals surface area (Å²) in [6.07, 6.45) is -0.445. The average Bonchev–Trinajstić information content (AvgIpc) is 2.27. The third-order valence-electron chi connectivity index (χ3n) is 2.39. The highest BCUT2D eigenvalue weighted by Gasteiger charge is 2.07. The highest BCUT2D eigenvalue weighted by atomic mass is 16.5. The predicted molar refractivity (Wildman–Crippen MR) is 65.3 cm³/mol. The molecule has 0 fully saturated rings. The van der Waals surface area contributed by atoms with Crippen LogP contribution in [0.15, 0.2) is 24.3 Å². The van der Waals surface area contributed by atoms with Gasteiger partial charge in [-0.05, 0) is 11.1 Å². The van der Waals surface area contributed by atoms with Gasteiger partial charge < -0.3 is 15.2 Å². The van der Waals surface area contributed by atoms with E-state index in [-0.39, 0.29) is 0 Å². The summed E-state index contributed by atoms with van der Waals surface area (Å²) in [4.78, 5) is 0. The van der Waals surface area contributed by atoms with E-state index in [2.05, 4.69) is 19.2 Å². The fraction of sp³-hybridized carbons (Fsp3) is 0.538. The van der Waals surface area contributed by atoms with Gasteiger partial charge in [0.1, 0.15) is 0 Å². The van der Waals surface area contributed by atoms with Crippen LogP contribution in [0.25, 0.3) is 0 Å². The first-order valence-corrected chi connectivity index (χ1v) is 5.62. The summed E-state index contributed by atoms with van der Waals surface area (Å²) in [5.74, 6) is 0. The van der Waals surface area contributed by atoms with Gasteiger partial charge in [-0.15, -0.1) is 0 Å². The smallest absolute Gasteiger partial charge is 0.0914 e. The molecule has 0 aliphatic heterocycles. The van der Waals surface area contributed by atoms with Crippen molar-refractivity contribution in [3.8, 4) is 0 Å². The quantitative estimate of drug-likeness (QED) is 0.773. The molecular formula is C13H21NO2. The molecule has 90 valence electrons. The Kier molecular flexibility index (Phi) is 5.46. The van der Waals surface area contributed by atoms with Crippen LogP contribution in [0, 0.1) is 0 Å². The number of methoxy groups -OCH3 is 1. The van der Waals surface area contributed by atoms with Crippen molar-refractivity contribution in [1.82, 2.24) is 5.32 Å². The summed E-state index contributed by atoms with van der Waals surface area (Å²) in [7, 11) is 1.68. The van der Waals surface area contributed by atoms with E-state index >= 15 is 0 Å². The molecule has 0 bridgehead atoms. The number of ether oxygens (including phenoxy) is 1. The molecule has 0 amide bonds. The first-order valence-electron chi connectivity index (χ1n) is 5.62. The Labute approximate surface area is 97.4 Å². The lowest BCUT2D eigenvalue weighted by molar-refractivity contribution is 0.171. The van der Waals surface area contributed by atoms with Crippen LogP contribution < -0.4 is 5.32 Å². The summed E-state index contributed by atoms with van der Waals surface area (Å²) in [6.45, 7) is 5.32. The number of nitrogens with one attached hydrogen (secondary N) is 1. The number of hydrogen-bond acceptors (Lipinski definition) is 3. The molecule has 0 aromatic heterocycles. The molecule has 3 heteroatoms. The van der Waals surface area contributed by atoms with E-state index in [0.717, 1.165) is 11.1 Å². The monoisotopic (exact) mass is 223 g/mol. The molecule has 0 saturated heterocycles. The molecule has 1 aromatic rings. The highest BCUT2D eigenvalue weighted by molar-refractivity contribution is 5.23. The van der Waals surface area contributed by atoms with Crippen LogP contribution in [0.4, 0.5) is 0 Å². The normalized spacial score (nSPS) is 13.1. The third-order valence-corrected chi connectivity index (χ3v) is 2.39. The molecule has 0 radical (unpaired) electrons. The molecule has 2 N–H and O–H groups in total. The molecule has 1 atom stereocenters. The van der Waals surface area contributed by atoms with Gasteiger partial charge in [0.15, 0.2) is 0 Å². The summed E-state index contributed by atoms with van der Waals surface area (Å²) < 4.78 is 5.03. The minimum absolute atomic E-state index is 0.391. The van der Waals surface area contributed by atoms with Crippen molar-refractivity contribution in [3.05, 3.63) is 35.4 Å². The molecule has 0 saturated carbocycles. The first kappa shape index (κ1) is 13.2. The molecule has 16 heavy (non-hydrogen) atoms. The lowest BCUT2D eigenvalue weighted by Crippen LogP contribution is -2.27. The summed E-state index contributed by atoms with van der Waals surface area (Å²) in [6, 6.07) is 8.25. The average molecular weight is 223 g/mol. The van der Waals surface area contributed by atoms with Gasteiger partial charge in [0.05, 0.1) is 12.7 Å². The van der Waals surface area contributed by atoms with E-state index in [0.29, 0.717) is 19.2 Å². The second kappa shape index (κ2) is 6.63. The summed E-state index contributed by atoms with van der Waals surface area (Å²) >= 11 is 0. The first-order chi connectivity index (χ1) is 7.63.